The van der Waals surface area contributed by atoms with Crippen LogP contribution >= 0.6 is 0 Å². The summed E-state index contributed by atoms with van der Waals surface area (Å²) < 4.78 is 0. The molecule has 1 aromatic rings. The van der Waals surface area contributed by atoms with Crippen LogP contribution in [0, 0.1) is 0 Å². The maximum Gasteiger partial charge on any atom is 0.317 e. The van der Waals surface area contributed by atoms with Gasteiger partial charge in [0.1, 0.15) is 6.04 Å². The van der Waals surface area contributed by atoms with Gasteiger partial charge in [0.05, 0.1) is 5.69 Å². The second-order valence-corrected chi connectivity index (χ2v) is 4.39. The van der Waals surface area contributed by atoms with Crippen molar-refractivity contribution < 1.29 is 9.59 Å². The third kappa shape index (κ3) is 3.15. The molecule has 19 heavy (non-hydrogen) atoms. The van der Waals surface area contributed by atoms with Crippen LogP contribution in [0.4, 0.5) is 10.5 Å². The zero-order valence-electron chi connectivity index (χ0n) is 10.8. The Balaban J connectivity index is 1.90. The van der Waals surface area contributed by atoms with Crippen LogP contribution in [0.5, 0.6) is 0 Å². The van der Waals surface area contributed by atoms with Crippen LogP contribution in [0.1, 0.15) is 12.8 Å². The molecule has 1 atom stereocenters. The molecule has 1 aliphatic heterocycles. The second kappa shape index (κ2) is 6.08. The third-order valence-corrected chi connectivity index (χ3v) is 3.13. The Morgan fingerprint density at radius 3 is 2.68 bits per heavy atom. The lowest BCUT2D eigenvalue weighted by Gasteiger charge is -2.23. The highest BCUT2D eigenvalue weighted by Crippen LogP contribution is 2.17. The van der Waals surface area contributed by atoms with E-state index in [1.54, 1.807) is 11.9 Å². The average Bonchev–Trinajstić information content (AvgIpc) is 2.94. The fourth-order valence-corrected chi connectivity index (χ4v) is 2.16. The molecular formula is C13H18N4O2. The molecule has 3 amide bonds. The zero-order valence-corrected chi connectivity index (χ0v) is 10.8. The molecule has 1 unspecified atom stereocenters. The van der Waals surface area contributed by atoms with Crippen LogP contribution in [-0.2, 0) is 4.79 Å². The summed E-state index contributed by atoms with van der Waals surface area (Å²) in [5.74, 6) is -0.190. The minimum absolute atomic E-state index is 0.190. The van der Waals surface area contributed by atoms with E-state index in [0.717, 1.165) is 12.1 Å². The number of hydrogen-bond acceptors (Lipinski definition) is 3. The van der Waals surface area contributed by atoms with Gasteiger partial charge in [0, 0.05) is 13.6 Å². The SMILES string of the molecule is CNC(=O)N1CCCC1C(=O)NNc1ccccc1. The van der Waals surface area contributed by atoms with Crippen LogP contribution in [0.2, 0.25) is 0 Å². The maximum absolute atomic E-state index is 12.1. The lowest BCUT2D eigenvalue weighted by molar-refractivity contribution is -0.124. The van der Waals surface area contributed by atoms with Gasteiger partial charge in [0.15, 0.2) is 0 Å². The van der Waals surface area contributed by atoms with E-state index < -0.39 is 6.04 Å². The van der Waals surface area contributed by atoms with E-state index in [1.807, 2.05) is 30.3 Å². The van der Waals surface area contributed by atoms with Crippen molar-refractivity contribution in [2.24, 2.45) is 0 Å². The molecule has 1 heterocycles. The Labute approximate surface area is 112 Å². The molecule has 0 spiro atoms. The van der Waals surface area contributed by atoms with E-state index in [9.17, 15) is 9.59 Å². The number of amides is 3. The van der Waals surface area contributed by atoms with Crippen molar-refractivity contribution in [1.82, 2.24) is 15.6 Å². The summed E-state index contributed by atoms with van der Waals surface area (Å²) in [5.41, 5.74) is 6.29. The van der Waals surface area contributed by atoms with Crippen molar-refractivity contribution in [3.63, 3.8) is 0 Å². The van der Waals surface area contributed by atoms with Gasteiger partial charge in [-0.1, -0.05) is 18.2 Å². The number of nitrogens with one attached hydrogen (secondary N) is 3. The van der Waals surface area contributed by atoms with Crippen molar-refractivity contribution in [3.8, 4) is 0 Å². The monoisotopic (exact) mass is 262 g/mol. The standard InChI is InChI=1S/C13H18N4O2/c1-14-13(19)17-9-5-8-11(17)12(18)16-15-10-6-3-2-4-7-10/h2-4,6-7,11,15H,5,8-9H2,1H3,(H,14,19)(H,16,18). The Morgan fingerprint density at radius 1 is 1.26 bits per heavy atom. The van der Waals surface area contributed by atoms with Crippen LogP contribution < -0.4 is 16.2 Å². The second-order valence-electron chi connectivity index (χ2n) is 4.39. The van der Waals surface area contributed by atoms with E-state index >= 15 is 0 Å². The Hall–Kier alpha value is -2.24. The van der Waals surface area contributed by atoms with Crippen molar-refractivity contribution in [2.45, 2.75) is 18.9 Å². The van der Waals surface area contributed by atoms with E-state index in [4.69, 9.17) is 0 Å². The van der Waals surface area contributed by atoms with E-state index in [2.05, 4.69) is 16.2 Å². The van der Waals surface area contributed by atoms with Gasteiger partial charge >= 0.3 is 6.03 Å². The highest BCUT2D eigenvalue weighted by Gasteiger charge is 2.33. The summed E-state index contributed by atoms with van der Waals surface area (Å²) in [6.45, 7) is 0.614. The molecule has 0 saturated carbocycles. The molecule has 1 aliphatic rings. The molecule has 6 nitrogen and oxygen atoms in total. The molecule has 1 saturated heterocycles. The summed E-state index contributed by atoms with van der Waals surface area (Å²) in [4.78, 5) is 25.2. The number of anilines is 1. The van der Waals surface area contributed by atoms with Gasteiger partial charge < -0.3 is 10.2 Å². The molecule has 0 radical (unpaired) electrons. The molecule has 1 fully saturated rings. The first-order valence-electron chi connectivity index (χ1n) is 6.31. The summed E-state index contributed by atoms with van der Waals surface area (Å²) in [7, 11) is 1.57. The molecule has 6 heteroatoms. The van der Waals surface area contributed by atoms with Crippen molar-refractivity contribution in [2.75, 3.05) is 19.0 Å². The largest absolute Gasteiger partial charge is 0.341 e. The number of hydrogen-bond donors (Lipinski definition) is 3. The summed E-state index contributed by atoms with van der Waals surface area (Å²) in [5, 5.41) is 2.55. The molecule has 0 bridgehead atoms. The Bertz CT molecular complexity index is 449. The van der Waals surface area contributed by atoms with Gasteiger partial charge in [-0.2, -0.15) is 0 Å². The normalized spacial score (nSPS) is 17.9. The molecule has 1 aromatic carbocycles. The molecule has 2 rings (SSSR count). The highest BCUT2D eigenvalue weighted by molar-refractivity contribution is 5.88. The topological polar surface area (TPSA) is 73.5 Å². The van der Waals surface area contributed by atoms with Gasteiger partial charge in [0.25, 0.3) is 5.91 Å². The minimum atomic E-state index is -0.406. The number of carbonyl (C=O) groups excluding carboxylic acids is 2. The van der Waals surface area contributed by atoms with Crippen LogP contribution in [0.3, 0.4) is 0 Å². The van der Waals surface area contributed by atoms with Crippen molar-refractivity contribution in [1.29, 1.82) is 0 Å². The Kier molecular flexibility index (Phi) is 4.22. The molecule has 0 aliphatic carbocycles. The first kappa shape index (κ1) is 13.2. The molecule has 3 N–H and O–H groups in total. The smallest absolute Gasteiger partial charge is 0.317 e. The summed E-state index contributed by atoms with van der Waals surface area (Å²) in [6.07, 6.45) is 1.53. The molecule has 102 valence electrons. The molecule has 0 aromatic heterocycles. The van der Waals surface area contributed by atoms with E-state index in [-0.39, 0.29) is 11.9 Å². The highest BCUT2D eigenvalue weighted by atomic mass is 16.2. The van der Waals surface area contributed by atoms with Gasteiger partial charge in [-0.15, -0.1) is 0 Å². The van der Waals surface area contributed by atoms with Crippen molar-refractivity contribution in [3.05, 3.63) is 30.3 Å². The van der Waals surface area contributed by atoms with Crippen molar-refractivity contribution >= 4 is 17.6 Å². The maximum atomic E-state index is 12.1. The van der Waals surface area contributed by atoms with E-state index in [0.29, 0.717) is 13.0 Å². The first-order chi connectivity index (χ1) is 9.22. The Morgan fingerprint density at radius 2 is 2.00 bits per heavy atom. The number of para-hydroxylation sites is 1. The number of rotatable bonds is 3. The lowest BCUT2D eigenvalue weighted by atomic mass is 10.2. The van der Waals surface area contributed by atoms with Crippen LogP contribution in [0.15, 0.2) is 30.3 Å². The van der Waals surface area contributed by atoms with Gasteiger partial charge in [-0.05, 0) is 25.0 Å². The van der Waals surface area contributed by atoms with Crippen LogP contribution in [-0.4, -0.2) is 36.5 Å². The van der Waals surface area contributed by atoms with Gasteiger partial charge in [-0.3, -0.25) is 15.6 Å². The predicted octanol–water partition coefficient (Wildman–Crippen LogP) is 0.933. The number of nitrogens with zero attached hydrogens (tertiary/aromatic N) is 1. The number of urea groups is 1. The average molecular weight is 262 g/mol. The number of carbonyl (C=O) groups is 2. The first-order valence-corrected chi connectivity index (χ1v) is 6.31. The summed E-state index contributed by atoms with van der Waals surface area (Å²) >= 11 is 0. The molecular weight excluding hydrogens is 244 g/mol. The number of hydrazine groups is 1. The van der Waals surface area contributed by atoms with Gasteiger partial charge in [-0.25, -0.2) is 4.79 Å². The zero-order chi connectivity index (χ0) is 13.7. The fourth-order valence-electron chi connectivity index (χ4n) is 2.16. The number of benzene rings is 1. The summed E-state index contributed by atoms with van der Waals surface area (Å²) in [6, 6.07) is 8.74. The fraction of sp³-hybridized carbons (Fsp3) is 0.385. The van der Waals surface area contributed by atoms with E-state index in [1.165, 1.54) is 0 Å². The van der Waals surface area contributed by atoms with Crippen LogP contribution in [0.25, 0.3) is 0 Å². The predicted molar refractivity (Wildman–Crippen MR) is 72.4 cm³/mol. The number of likely N-dealkylation sites (tertiary alicyclic amines) is 1. The quantitative estimate of drug-likeness (QED) is 0.710. The third-order valence-electron chi connectivity index (χ3n) is 3.13. The lowest BCUT2D eigenvalue weighted by Crippen LogP contribution is -2.49. The van der Waals surface area contributed by atoms with Gasteiger partial charge in [0.2, 0.25) is 0 Å². The minimum Gasteiger partial charge on any atom is -0.341 e.